The average Bonchev–Trinajstić information content (AvgIpc) is 2.97. The normalized spacial score (nSPS) is 27.6. The van der Waals surface area contributed by atoms with E-state index >= 15 is 4.39 Å². The van der Waals surface area contributed by atoms with Gasteiger partial charge in [-0.3, -0.25) is 4.90 Å². The molecule has 1 unspecified atom stereocenters. The second-order valence-electron chi connectivity index (χ2n) is 4.97. The highest BCUT2D eigenvalue weighted by atomic mass is 19.1. The van der Waals surface area contributed by atoms with E-state index in [0.29, 0.717) is 38.5 Å². The largest absolute Gasteiger partial charge is 0.379 e. The third-order valence-corrected chi connectivity index (χ3v) is 3.65. The van der Waals surface area contributed by atoms with Crippen molar-refractivity contribution in [2.75, 3.05) is 26.3 Å². The molecule has 20 heavy (non-hydrogen) atoms. The fraction of sp³-hybridized carbons (Fsp3) is 0.538. The molecule has 2 N–H and O–H groups in total. The Morgan fingerprint density at radius 2 is 2.20 bits per heavy atom. The molecule has 2 heterocycles. The molecular weight excluding hydrogens is 261 g/mol. The molecule has 7 heteroatoms. The molecule has 0 bridgehead atoms. The van der Waals surface area contributed by atoms with Crippen molar-refractivity contribution in [1.29, 1.82) is 0 Å². The maximum atomic E-state index is 15.1. The van der Waals surface area contributed by atoms with Crippen molar-refractivity contribution in [2.45, 2.75) is 18.8 Å². The van der Waals surface area contributed by atoms with Crippen molar-refractivity contribution in [1.82, 2.24) is 19.9 Å². The highest BCUT2D eigenvalue weighted by Crippen LogP contribution is 2.33. The summed E-state index contributed by atoms with van der Waals surface area (Å²) in [6.45, 7) is 2.66. The lowest BCUT2D eigenvalue weighted by Gasteiger charge is -2.39. The molecule has 6 nitrogen and oxygen atoms in total. The van der Waals surface area contributed by atoms with Crippen LogP contribution in [-0.4, -0.2) is 52.0 Å². The van der Waals surface area contributed by atoms with Crippen molar-refractivity contribution in [2.24, 2.45) is 5.73 Å². The Balaban J connectivity index is 1.78. The van der Waals surface area contributed by atoms with Crippen LogP contribution in [0.3, 0.4) is 0 Å². The van der Waals surface area contributed by atoms with Gasteiger partial charge in [-0.1, -0.05) is 11.3 Å². The van der Waals surface area contributed by atoms with Gasteiger partial charge in [0.2, 0.25) is 0 Å². The maximum absolute atomic E-state index is 15.1. The standard InChI is InChI=1S/C13H18FN5O/c14-13(18-4-6-20-7-5-18)3-1-2-12(8-13)19-10-11(9-15)16-17-19/h1-3,10H,4-9,15H2. The molecule has 1 aromatic heterocycles. The molecule has 0 amide bonds. The molecule has 0 saturated carbocycles. The van der Waals surface area contributed by atoms with Crippen LogP contribution in [-0.2, 0) is 11.3 Å². The number of morpholine rings is 1. The molecule has 2 aliphatic rings. The molecule has 0 radical (unpaired) electrons. The van der Waals surface area contributed by atoms with E-state index < -0.39 is 5.79 Å². The Kier molecular flexibility index (Phi) is 3.64. The summed E-state index contributed by atoms with van der Waals surface area (Å²) >= 11 is 0. The van der Waals surface area contributed by atoms with Gasteiger partial charge in [0.25, 0.3) is 0 Å². The van der Waals surface area contributed by atoms with Gasteiger partial charge in [0.15, 0.2) is 5.79 Å². The second-order valence-corrected chi connectivity index (χ2v) is 4.97. The molecule has 1 aliphatic carbocycles. The van der Waals surface area contributed by atoms with E-state index in [2.05, 4.69) is 10.3 Å². The van der Waals surface area contributed by atoms with E-state index in [1.807, 2.05) is 6.08 Å². The summed E-state index contributed by atoms with van der Waals surface area (Å²) in [7, 11) is 0. The summed E-state index contributed by atoms with van der Waals surface area (Å²) in [4.78, 5) is 1.81. The number of hydrogen-bond acceptors (Lipinski definition) is 5. The molecule has 1 aliphatic heterocycles. The van der Waals surface area contributed by atoms with Crippen LogP contribution < -0.4 is 5.73 Å². The van der Waals surface area contributed by atoms with Crippen LogP contribution in [0, 0.1) is 0 Å². The van der Waals surface area contributed by atoms with E-state index in [4.69, 9.17) is 10.5 Å². The zero-order valence-electron chi connectivity index (χ0n) is 11.2. The van der Waals surface area contributed by atoms with Gasteiger partial charge in [-0.25, -0.2) is 9.07 Å². The number of nitrogens with zero attached hydrogens (tertiary/aromatic N) is 4. The number of alkyl halides is 1. The Bertz CT molecular complexity index is 535. The average molecular weight is 279 g/mol. The van der Waals surface area contributed by atoms with Crippen LogP contribution in [0.1, 0.15) is 12.1 Å². The van der Waals surface area contributed by atoms with Crippen LogP contribution in [0.25, 0.3) is 5.70 Å². The minimum Gasteiger partial charge on any atom is -0.379 e. The summed E-state index contributed by atoms with van der Waals surface area (Å²) in [6, 6.07) is 0. The van der Waals surface area contributed by atoms with Gasteiger partial charge >= 0.3 is 0 Å². The molecule has 0 spiro atoms. The van der Waals surface area contributed by atoms with Gasteiger partial charge in [0.1, 0.15) is 0 Å². The number of ether oxygens (including phenoxy) is 1. The molecule has 3 rings (SSSR count). The third-order valence-electron chi connectivity index (χ3n) is 3.65. The van der Waals surface area contributed by atoms with E-state index in [1.54, 1.807) is 27.9 Å². The first-order chi connectivity index (χ1) is 9.71. The van der Waals surface area contributed by atoms with Crippen LogP contribution >= 0.6 is 0 Å². The molecular formula is C13H18FN5O. The van der Waals surface area contributed by atoms with Gasteiger partial charge in [-0.05, 0) is 12.2 Å². The van der Waals surface area contributed by atoms with Crippen LogP contribution in [0.4, 0.5) is 4.39 Å². The summed E-state index contributed by atoms with van der Waals surface area (Å²) in [5.41, 5.74) is 6.98. The van der Waals surface area contributed by atoms with E-state index in [0.717, 1.165) is 5.70 Å². The predicted octanol–water partition coefficient (Wildman–Crippen LogP) is 0.536. The number of hydrogen-bond donors (Lipinski definition) is 1. The monoisotopic (exact) mass is 279 g/mol. The highest BCUT2D eigenvalue weighted by molar-refractivity contribution is 5.52. The van der Waals surface area contributed by atoms with Crippen molar-refractivity contribution >= 4 is 5.70 Å². The van der Waals surface area contributed by atoms with E-state index in [-0.39, 0.29) is 6.42 Å². The van der Waals surface area contributed by atoms with Gasteiger partial charge in [0, 0.05) is 31.8 Å². The first-order valence-corrected chi connectivity index (χ1v) is 6.73. The molecule has 108 valence electrons. The number of aromatic nitrogens is 3. The van der Waals surface area contributed by atoms with Gasteiger partial charge < -0.3 is 10.5 Å². The van der Waals surface area contributed by atoms with Crippen LogP contribution in [0.5, 0.6) is 0 Å². The molecule has 1 saturated heterocycles. The lowest BCUT2D eigenvalue weighted by molar-refractivity contribution is -0.0587. The predicted molar refractivity (Wildman–Crippen MR) is 72.2 cm³/mol. The minimum atomic E-state index is -1.48. The maximum Gasteiger partial charge on any atom is 0.188 e. The summed E-state index contributed by atoms with van der Waals surface area (Å²) in [6.07, 6.45) is 7.18. The number of nitrogens with two attached hydrogens (primary N) is 1. The second kappa shape index (κ2) is 5.43. The van der Waals surface area contributed by atoms with Gasteiger partial charge in [-0.2, -0.15) is 0 Å². The zero-order chi connectivity index (χ0) is 14.0. The van der Waals surface area contributed by atoms with Crippen LogP contribution in [0.15, 0.2) is 24.4 Å². The van der Waals surface area contributed by atoms with Crippen molar-refractivity contribution < 1.29 is 9.13 Å². The van der Waals surface area contributed by atoms with E-state index in [1.165, 1.54) is 0 Å². The Labute approximate surface area is 116 Å². The van der Waals surface area contributed by atoms with Crippen molar-refractivity contribution in [3.05, 3.63) is 30.1 Å². The van der Waals surface area contributed by atoms with Crippen molar-refractivity contribution in [3.63, 3.8) is 0 Å². The SMILES string of the molecule is NCc1cn(C2=CC=CC(F)(N3CCOCC3)C2)nn1. The van der Waals surface area contributed by atoms with Gasteiger partial charge in [0.05, 0.1) is 25.1 Å². The summed E-state index contributed by atoms with van der Waals surface area (Å²) in [5, 5.41) is 7.93. The summed E-state index contributed by atoms with van der Waals surface area (Å²) in [5.74, 6) is -1.48. The van der Waals surface area contributed by atoms with Gasteiger partial charge in [-0.15, -0.1) is 5.10 Å². The number of allylic oxidation sites excluding steroid dienone is 2. The fourth-order valence-corrected chi connectivity index (χ4v) is 2.52. The first-order valence-electron chi connectivity index (χ1n) is 6.73. The molecule has 1 fully saturated rings. The number of halogens is 1. The quantitative estimate of drug-likeness (QED) is 0.818. The molecule has 1 aromatic rings. The molecule has 0 aromatic carbocycles. The fourth-order valence-electron chi connectivity index (χ4n) is 2.52. The smallest absolute Gasteiger partial charge is 0.188 e. The van der Waals surface area contributed by atoms with Crippen molar-refractivity contribution in [3.8, 4) is 0 Å². The minimum absolute atomic E-state index is 0.247. The molecule has 1 atom stereocenters. The van der Waals surface area contributed by atoms with E-state index in [9.17, 15) is 0 Å². The lowest BCUT2D eigenvalue weighted by atomic mass is 10.0. The first kappa shape index (κ1) is 13.4. The Morgan fingerprint density at radius 3 is 2.90 bits per heavy atom. The summed E-state index contributed by atoms with van der Waals surface area (Å²) < 4.78 is 22.0. The third kappa shape index (κ3) is 2.52. The Hall–Kier alpha value is -1.57. The topological polar surface area (TPSA) is 69.2 Å². The van der Waals surface area contributed by atoms with Crippen LogP contribution in [0.2, 0.25) is 0 Å². The number of rotatable bonds is 3. The highest BCUT2D eigenvalue weighted by Gasteiger charge is 2.37. The Morgan fingerprint density at radius 1 is 1.40 bits per heavy atom. The zero-order valence-corrected chi connectivity index (χ0v) is 11.2. The lowest BCUT2D eigenvalue weighted by Crippen LogP contribution is -2.50.